The fourth-order valence-corrected chi connectivity index (χ4v) is 1.63. The van der Waals surface area contributed by atoms with Crippen LogP contribution >= 0.6 is 0 Å². The summed E-state index contributed by atoms with van der Waals surface area (Å²) in [6.07, 6.45) is 3.64. The second-order valence-corrected chi connectivity index (χ2v) is 4.76. The first-order valence-corrected chi connectivity index (χ1v) is 6.85. The minimum atomic E-state index is -0.601. The number of rotatable bonds is 9. The van der Waals surface area contributed by atoms with Crippen LogP contribution in [0.5, 0.6) is 5.75 Å². The van der Waals surface area contributed by atoms with E-state index in [4.69, 9.17) is 9.47 Å². The van der Waals surface area contributed by atoms with Crippen LogP contribution < -0.4 is 10.1 Å². The maximum Gasteiger partial charge on any atom is 0.137 e. The molecule has 2 N–H and O–H groups in total. The molecule has 0 radical (unpaired) electrons. The lowest BCUT2D eigenvalue weighted by Crippen LogP contribution is -2.23. The van der Waals surface area contributed by atoms with E-state index in [0.717, 1.165) is 12.2 Å². The lowest BCUT2D eigenvalue weighted by Gasteiger charge is -2.12. The van der Waals surface area contributed by atoms with E-state index in [1.165, 1.54) is 12.8 Å². The molecule has 19 heavy (non-hydrogen) atoms. The number of aliphatic hydroxyl groups is 1. The van der Waals surface area contributed by atoms with Crippen molar-refractivity contribution in [3.05, 3.63) is 24.0 Å². The Kier molecular flexibility index (Phi) is 5.57. The summed E-state index contributed by atoms with van der Waals surface area (Å²) in [6, 6.07) is 4.51. The number of hydrogen-bond donors (Lipinski definition) is 2. The predicted octanol–water partition coefficient (Wildman–Crippen LogP) is 1.11. The van der Waals surface area contributed by atoms with Crippen LogP contribution in [-0.2, 0) is 11.3 Å². The van der Waals surface area contributed by atoms with Crippen LogP contribution in [0.25, 0.3) is 0 Å². The van der Waals surface area contributed by atoms with Crippen molar-refractivity contribution < 1.29 is 14.6 Å². The zero-order chi connectivity index (χ0) is 13.5. The molecule has 0 bridgehead atoms. The van der Waals surface area contributed by atoms with Gasteiger partial charge in [-0.2, -0.15) is 0 Å². The van der Waals surface area contributed by atoms with Crippen LogP contribution in [0.4, 0.5) is 0 Å². The normalized spacial score (nSPS) is 16.3. The summed E-state index contributed by atoms with van der Waals surface area (Å²) in [7, 11) is 0. The molecule has 1 aliphatic carbocycles. The van der Waals surface area contributed by atoms with Crippen LogP contribution in [0.15, 0.2) is 18.3 Å². The molecule has 5 nitrogen and oxygen atoms in total. The van der Waals surface area contributed by atoms with Gasteiger partial charge in [0.15, 0.2) is 0 Å². The van der Waals surface area contributed by atoms with Crippen molar-refractivity contribution in [2.24, 2.45) is 0 Å². The summed E-state index contributed by atoms with van der Waals surface area (Å²) >= 11 is 0. The van der Waals surface area contributed by atoms with Crippen molar-refractivity contribution in [2.75, 3.05) is 19.8 Å². The molecule has 1 aromatic rings. The fourth-order valence-electron chi connectivity index (χ4n) is 1.63. The molecule has 0 aromatic carbocycles. The Morgan fingerprint density at radius 3 is 2.89 bits per heavy atom. The van der Waals surface area contributed by atoms with Gasteiger partial charge in [0.1, 0.15) is 18.5 Å². The highest BCUT2D eigenvalue weighted by Gasteiger charge is 2.20. The van der Waals surface area contributed by atoms with Gasteiger partial charge in [-0.1, -0.05) is 0 Å². The standard InChI is InChI=1S/C14H22N2O3/c1-2-18-9-13(17)10-19-14-6-5-12(16-8-14)7-15-11-3-4-11/h5-6,8,11,13,15,17H,2-4,7,9-10H2,1H3. The first kappa shape index (κ1) is 14.2. The Bertz CT molecular complexity index is 365. The monoisotopic (exact) mass is 266 g/mol. The Morgan fingerprint density at radius 2 is 2.26 bits per heavy atom. The quantitative estimate of drug-likeness (QED) is 0.701. The van der Waals surface area contributed by atoms with Gasteiger partial charge in [-0.15, -0.1) is 0 Å². The van der Waals surface area contributed by atoms with Crippen molar-refractivity contribution >= 4 is 0 Å². The number of pyridine rings is 1. The highest BCUT2D eigenvalue weighted by molar-refractivity contribution is 5.20. The summed E-state index contributed by atoms with van der Waals surface area (Å²) < 4.78 is 10.6. The lowest BCUT2D eigenvalue weighted by molar-refractivity contribution is 0.0164. The van der Waals surface area contributed by atoms with Crippen LogP contribution in [0.3, 0.4) is 0 Å². The molecule has 0 amide bonds. The molecule has 1 heterocycles. The van der Waals surface area contributed by atoms with Crippen LogP contribution in [0.2, 0.25) is 0 Å². The maximum atomic E-state index is 9.57. The van der Waals surface area contributed by atoms with E-state index in [9.17, 15) is 5.11 Å². The van der Waals surface area contributed by atoms with Gasteiger partial charge >= 0.3 is 0 Å². The van der Waals surface area contributed by atoms with Crippen molar-refractivity contribution in [2.45, 2.75) is 38.5 Å². The van der Waals surface area contributed by atoms with Gasteiger partial charge < -0.3 is 19.9 Å². The van der Waals surface area contributed by atoms with Crippen molar-refractivity contribution in [3.8, 4) is 5.75 Å². The van der Waals surface area contributed by atoms with E-state index in [1.54, 1.807) is 6.20 Å². The number of hydrogen-bond acceptors (Lipinski definition) is 5. The summed E-state index contributed by atoms with van der Waals surface area (Å²) in [6.45, 7) is 3.82. The topological polar surface area (TPSA) is 63.6 Å². The van der Waals surface area contributed by atoms with Gasteiger partial charge in [0.2, 0.25) is 0 Å². The zero-order valence-electron chi connectivity index (χ0n) is 11.3. The number of aliphatic hydroxyl groups excluding tert-OH is 1. The molecule has 1 aromatic heterocycles. The molecule has 5 heteroatoms. The molecule has 0 spiro atoms. The Hall–Kier alpha value is -1.17. The maximum absolute atomic E-state index is 9.57. The number of nitrogens with zero attached hydrogens (tertiary/aromatic N) is 1. The van der Waals surface area contributed by atoms with Crippen LogP contribution in [0.1, 0.15) is 25.5 Å². The van der Waals surface area contributed by atoms with Crippen molar-refractivity contribution in [1.29, 1.82) is 0 Å². The molecule has 106 valence electrons. The fraction of sp³-hybridized carbons (Fsp3) is 0.643. The molecule has 0 saturated heterocycles. The van der Waals surface area contributed by atoms with E-state index in [0.29, 0.717) is 25.0 Å². The first-order chi connectivity index (χ1) is 9.28. The van der Waals surface area contributed by atoms with Gasteiger partial charge in [0.05, 0.1) is 18.5 Å². The first-order valence-electron chi connectivity index (χ1n) is 6.85. The molecule has 1 fully saturated rings. The molecular weight excluding hydrogens is 244 g/mol. The lowest BCUT2D eigenvalue weighted by atomic mass is 10.3. The van der Waals surface area contributed by atoms with E-state index in [2.05, 4.69) is 10.3 Å². The predicted molar refractivity (Wildman–Crippen MR) is 72.1 cm³/mol. The highest BCUT2D eigenvalue weighted by Crippen LogP contribution is 2.19. The smallest absolute Gasteiger partial charge is 0.137 e. The molecule has 1 unspecified atom stereocenters. The Balaban J connectivity index is 1.68. The molecule has 0 aliphatic heterocycles. The van der Waals surface area contributed by atoms with Gasteiger partial charge in [0.25, 0.3) is 0 Å². The average molecular weight is 266 g/mol. The Labute approximate surface area is 114 Å². The van der Waals surface area contributed by atoms with Crippen molar-refractivity contribution in [1.82, 2.24) is 10.3 Å². The third-order valence-corrected chi connectivity index (χ3v) is 2.90. The largest absolute Gasteiger partial charge is 0.489 e. The van der Waals surface area contributed by atoms with Crippen LogP contribution in [0, 0.1) is 0 Å². The third-order valence-electron chi connectivity index (χ3n) is 2.90. The third kappa shape index (κ3) is 5.55. The number of nitrogens with one attached hydrogen (secondary N) is 1. The molecule has 2 rings (SSSR count). The zero-order valence-corrected chi connectivity index (χ0v) is 11.3. The summed E-state index contributed by atoms with van der Waals surface area (Å²) in [5, 5.41) is 13.0. The molecule has 1 atom stereocenters. The SMILES string of the molecule is CCOCC(O)COc1ccc(CNC2CC2)nc1. The van der Waals surface area contributed by atoms with Crippen molar-refractivity contribution in [3.63, 3.8) is 0 Å². The van der Waals surface area contributed by atoms with E-state index < -0.39 is 6.10 Å². The summed E-state index contributed by atoms with van der Waals surface area (Å²) in [4.78, 5) is 4.32. The second kappa shape index (κ2) is 7.43. The average Bonchev–Trinajstić information content (AvgIpc) is 3.26. The van der Waals surface area contributed by atoms with Gasteiger partial charge in [-0.3, -0.25) is 4.98 Å². The second-order valence-electron chi connectivity index (χ2n) is 4.76. The number of aromatic nitrogens is 1. The molecule has 1 aliphatic rings. The van der Waals surface area contributed by atoms with E-state index >= 15 is 0 Å². The van der Waals surface area contributed by atoms with Gasteiger partial charge in [-0.25, -0.2) is 0 Å². The summed E-state index contributed by atoms with van der Waals surface area (Å²) in [5.74, 6) is 0.672. The Morgan fingerprint density at radius 1 is 1.42 bits per heavy atom. The minimum Gasteiger partial charge on any atom is -0.489 e. The highest BCUT2D eigenvalue weighted by atomic mass is 16.5. The summed E-state index contributed by atoms with van der Waals surface area (Å²) in [5.41, 5.74) is 1.01. The van der Waals surface area contributed by atoms with E-state index in [1.807, 2.05) is 19.1 Å². The minimum absolute atomic E-state index is 0.224. The molecular formula is C14H22N2O3. The molecule has 1 saturated carbocycles. The van der Waals surface area contributed by atoms with Gasteiger partial charge in [0, 0.05) is 19.2 Å². The number of ether oxygens (including phenoxy) is 2. The van der Waals surface area contributed by atoms with Crippen LogP contribution in [-0.4, -0.2) is 42.1 Å². The van der Waals surface area contributed by atoms with E-state index in [-0.39, 0.29) is 6.61 Å². The van der Waals surface area contributed by atoms with Gasteiger partial charge in [-0.05, 0) is 31.9 Å².